The molecule has 0 atom stereocenters. The molecule has 9 rings (SSSR count). The maximum atomic E-state index is 9.67. The number of fused-ring (bicyclic) bond motifs is 6. The fourth-order valence-corrected chi connectivity index (χ4v) is 5.69. The molecule has 0 radical (unpaired) electrons. The molecule has 0 saturated carbocycles. The highest BCUT2D eigenvalue weighted by Crippen LogP contribution is 2.47. The Kier molecular flexibility index (Phi) is 2.61. The van der Waals surface area contributed by atoms with Gasteiger partial charge in [0.15, 0.2) is 0 Å². The zero-order chi connectivity index (χ0) is 44.9. The fraction of sp³-hybridized carbons (Fsp3) is 0. The molecule has 0 aliphatic rings. The van der Waals surface area contributed by atoms with Gasteiger partial charge in [0, 0.05) is 10.8 Å². The highest BCUT2D eigenvalue weighted by atomic mass is 16.3. The second kappa shape index (κ2) is 9.44. The highest BCUT2D eigenvalue weighted by Gasteiger charge is 2.20. The average Bonchev–Trinajstić information content (AvgIpc) is 3.63. The van der Waals surface area contributed by atoms with Gasteiger partial charge in [0.1, 0.15) is 11.2 Å². The van der Waals surface area contributed by atoms with Crippen molar-refractivity contribution in [1.82, 2.24) is 0 Å². The summed E-state index contributed by atoms with van der Waals surface area (Å²) in [5, 5.41) is -0.0759. The van der Waals surface area contributed by atoms with Crippen LogP contribution < -0.4 is 0 Å². The van der Waals surface area contributed by atoms with Crippen molar-refractivity contribution in [2.45, 2.75) is 0 Å². The van der Waals surface area contributed by atoms with Crippen LogP contribution in [0.2, 0.25) is 0 Å². The van der Waals surface area contributed by atoms with Gasteiger partial charge in [-0.15, -0.1) is 0 Å². The normalized spacial score (nSPS) is 17.9. The Morgan fingerprint density at radius 3 is 1.88 bits per heavy atom. The summed E-state index contributed by atoms with van der Waals surface area (Å²) in [6.45, 7) is 0. The summed E-state index contributed by atoms with van der Waals surface area (Å²) in [6.07, 6.45) is 0. The topological polar surface area (TPSA) is 13.1 Å². The van der Waals surface area contributed by atoms with E-state index >= 15 is 0 Å². The molecule has 0 N–H and O–H groups in total. The molecule has 0 unspecified atom stereocenters. The molecular weight excluding hydrogens is 520 g/mol. The van der Waals surface area contributed by atoms with Crippen molar-refractivity contribution in [3.05, 3.63) is 157 Å². The molecule has 1 aromatic heterocycles. The first-order valence-corrected chi connectivity index (χ1v) is 13.2. The maximum absolute atomic E-state index is 9.67. The Labute approximate surface area is 275 Å². The monoisotopic (exact) mass is 565 g/mol. The van der Waals surface area contributed by atoms with Crippen LogP contribution in [0.1, 0.15) is 26.0 Å². The van der Waals surface area contributed by atoms with Gasteiger partial charge in [-0.3, -0.25) is 0 Å². The van der Waals surface area contributed by atoms with Gasteiger partial charge in [0.2, 0.25) is 0 Å². The van der Waals surface area contributed by atoms with Crippen molar-refractivity contribution in [2.24, 2.45) is 0 Å². The maximum Gasteiger partial charge on any atom is 0.136 e. The Morgan fingerprint density at radius 2 is 1.09 bits per heavy atom. The third kappa shape index (κ3) is 3.72. The van der Waals surface area contributed by atoms with Gasteiger partial charge in [-0.05, 0) is 89.9 Å². The van der Waals surface area contributed by atoms with E-state index in [1.54, 1.807) is 0 Å². The molecule has 0 fully saturated rings. The number of furan rings is 1. The molecule has 0 saturated heterocycles. The predicted octanol–water partition coefficient (Wildman–Crippen LogP) is 12.0. The molecule has 0 aliphatic heterocycles. The minimum absolute atomic E-state index is 0.0171. The van der Waals surface area contributed by atoms with Gasteiger partial charge >= 0.3 is 0 Å². The number of rotatable bonds is 3. The zero-order valence-electron chi connectivity index (χ0n) is 40.9. The summed E-state index contributed by atoms with van der Waals surface area (Å²) in [5.41, 5.74) is -0.938. The Hall–Kier alpha value is -5.66. The predicted molar refractivity (Wildman–Crippen MR) is 183 cm³/mol. The van der Waals surface area contributed by atoms with Crippen LogP contribution in [0.25, 0.3) is 87.6 Å². The van der Waals surface area contributed by atoms with Crippen molar-refractivity contribution in [2.75, 3.05) is 0 Å². The largest absolute Gasteiger partial charge is 0.456 e. The summed E-state index contributed by atoms with van der Waals surface area (Å²) in [4.78, 5) is 0. The van der Waals surface area contributed by atoms with Crippen LogP contribution >= 0.6 is 0 Å². The molecule has 0 bridgehead atoms. The third-order valence-corrected chi connectivity index (χ3v) is 7.51. The van der Waals surface area contributed by atoms with Gasteiger partial charge in [-0.1, -0.05) is 133 Å². The van der Waals surface area contributed by atoms with Crippen molar-refractivity contribution in [1.29, 1.82) is 0 Å². The van der Waals surface area contributed by atoms with E-state index in [2.05, 4.69) is 0 Å². The summed E-state index contributed by atoms with van der Waals surface area (Å²) in [5.74, 6) is 0. The summed E-state index contributed by atoms with van der Waals surface area (Å²) in [7, 11) is 0. The van der Waals surface area contributed by atoms with E-state index in [4.69, 9.17) is 27.7 Å². The molecule has 1 heterocycles. The first kappa shape index (κ1) is 11.9. The summed E-state index contributed by atoms with van der Waals surface area (Å²) in [6, 6.07) is -0.142. The van der Waals surface area contributed by atoms with Gasteiger partial charge in [0.05, 0.1) is 26.0 Å². The molecule has 0 aliphatic carbocycles. The average molecular weight is 566 g/mol. The van der Waals surface area contributed by atoms with Gasteiger partial charge in [-0.2, -0.15) is 0 Å². The van der Waals surface area contributed by atoms with Crippen LogP contribution in [-0.4, -0.2) is 0 Å². The smallest absolute Gasteiger partial charge is 0.136 e. The van der Waals surface area contributed by atoms with Crippen LogP contribution in [0.3, 0.4) is 0 Å². The number of hydrogen-bond donors (Lipinski definition) is 0. The van der Waals surface area contributed by atoms with E-state index in [9.17, 15) is 2.74 Å². The van der Waals surface area contributed by atoms with Crippen molar-refractivity contribution >= 4 is 54.3 Å². The number of para-hydroxylation sites is 1. The van der Waals surface area contributed by atoms with E-state index in [0.29, 0.717) is 0 Å². The SMILES string of the molecule is [2H]c1cc2c(-c3cc([2H])c([2H])c(-c4cc([2H])c5c([2H])c([2H])c([2H])c([2H])c5c4)c3[2H])c3cc([2H])c([2H])cc3c(-c3c([2H])c([2H])c([2H])c4oc5c([2H])c([2H])c([2H])c([2H])c5c34)c2cc1[2H]. The molecule has 1 nitrogen and oxygen atoms in total. The van der Waals surface area contributed by atoms with Crippen molar-refractivity contribution in [3.8, 4) is 33.4 Å². The van der Waals surface area contributed by atoms with Gasteiger partial charge in [0.25, 0.3) is 0 Å². The van der Waals surface area contributed by atoms with E-state index < -0.39 is 84.6 Å². The van der Waals surface area contributed by atoms with Gasteiger partial charge in [-0.25, -0.2) is 0 Å². The Morgan fingerprint density at radius 1 is 0.419 bits per heavy atom. The van der Waals surface area contributed by atoms with Crippen LogP contribution in [-0.2, 0) is 0 Å². The quantitative estimate of drug-likeness (QED) is 0.194. The molecule has 1 heteroatoms. The van der Waals surface area contributed by atoms with Gasteiger partial charge < -0.3 is 4.42 Å². The van der Waals surface area contributed by atoms with Crippen molar-refractivity contribution in [3.63, 3.8) is 0 Å². The lowest BCUT2D eigenvalue weighted by Crippen LogP contribution is -1.91. The lowest BCUT2D eigenvalue weighted by Gasteiger charge is -2.18. The number of hydrogen-bond acceptors (Lipinski definition) is 1. The molecule has 0 amide bonds. The van der Waals surface area contributed by atoms with E-state index in [-0.39, 0.29) is 118 Å². The van der Waals surface area contributed by atoms with Crippen LogP contribution in [0.5, 0.6) is 0 Å². The second-order valence-corrected chi connectivity index (χ2v) is 9.82. The molecule has 9 aromatic rings. The lowest BCUT2D eigenvalue weighted by atomic mass is 9.84. The molecule has 8 aromatic carbocycles. The third-order valence-electron chi connectivity index (χ3n) is 7.51. The molecular formula is C42H26O. The van der Waals surface area contributed by atoms with E-state index in [0.717, 1.165) is 0 Å². The number of benzene rings is 8. The molecule has 0 spiro atoms. The first-order chi connectivity index (χ1) is 29.2. The van der Waals surface area contributed by atoms with Crippen LogP contribution in [0, 0.1) is 0 Å². The minimum Gasteiger partial charge on any atom is -0.456 e. The molecule has 200 valence electrons. The second-order valence-electron chi connectivity index (χ2n) is 9.82. The standard InChI is InChI=1S/C42H26O/c1-2-12-28-25-30(24-23-27(28)11-1)29-13-9-14-31(26-29)40-32-15-3-5-17-34(32)41(35-18-6-4-16-33(35)40)37-20-10-22-39-42(37)36-19-7-8-21-38(36)43-39/h1-26H/i1D,2D,3D,4D,5D,6D,7D,8D,9D,10D,11D,12D,13D,19D,20D,21D,22D,23D,26D. The lowest BCUT2D eigenvalue weighted by molar-refractivity contribution is 0.669. The highest BCUT2D eigenvalue weighted by molar-refractivity contribution is 6.25. The summed E-state index contributed by atoms with van der Waals surface area (Å²) >= 11 is 0. The van der Waals surface area contributed by atoms with E-state index in [1.807, 2.05) is 0 Å². The van der Waals surface area contributed by atoms with E-state index in [1.165, 1.54) is 42.5 Å². The Balaban J connectivity index is 1.49. The summed E-state index contributed by atoms with van der Waals surface area (Å²) < 4.78 is 172. The molecule has 43 heavy (non-hydrogen) atoms. The van der Waals surface area contributed by atoms with Crippen LogP contribution in [0.15, 0.2) is 162 Å². The zero-order valence-corrected chi connectivity index (χ0v) is 21.9. The minimum atomic E-state index is -0.643. The van der Waals surface area contributed by atoms with Crippen molar-refractivity contribution < 1.29 is 30.5 Å². The first-order valence-electron chi connectivity index (χ1n) is 22.7. The Bertz CT molecular complexity index is 3510. The van der Waals surface area contributed by atoms with Crippen LogP contribution in [0.4, 0.5) is 0 Å². The fourth-order valence-electron chi connectivity index (χ4n) is 5.69.